The summed E-state index contributed by atoms with van der Waals surface area (Å²) in [4.78, 5) is 23.6. The van der Waals surface area contributed by atoms with Crippen LogP contribution in [-0.2, 0) is 15.9 Å². The van der Waals surface area contributed by atoms with E-state index in [0.717, 1.165) is 29.5 Å². The molecule has 1 saturated carbocycles. The molecule has 174 valence electrons. The van der Waals surface area contributed by atoms with Crippen LogP contribution < -0.4 is 10.1 Å². The van der Waals surface area contributed by atoms with Gasteiger partial charge in [0.2, 0.25) is 5.91 Å². The number of hydrogen-bond acceptors (Lipinski definition) is 5. The minimum atomic E-state index is -0.675. The average molecular weight is 477 g/mol. The SMILES string of the molecule is CC(=O)NC(C)(C)c1ccc(Oc2nc3nc(-c4ccc(C5(O)CC5)cc4)c(Cl)cc3[nH]2)cc1. The van der Waals surface area contributed by atoms with Crippen molar-refractivity contribution in [1.29, 1.82) is 0 Å². The van der Waals surface area contributed by atoms with Crippen molar-refractivity contribution in [3.63, 3.8) is 0 Å². The molecular formula is C26H25ClN4O3. The number of aromatic nitrogens is 3. The minimum Gasteiger partial charge on any atom is -0.426 e. The summed E-state index contributed by atoms with van der Waals surface area (Å²) in [5.41, 5.74) is 3.32. The first-order chi connectivity index (χ1) is 16.1. The Kier molecular flexibility index (Phi) is 5.34. The Morgan fingerprint density at radius 1 is 1.12 bits per heavy atom. The molecule has 2 heterocycles. The number of halogens is 1. The van der Waals surface area contributed by atoms with E-state index < -0.39 is 11.1 Å². The number of pyridine rings is 1. The van der Waals surface area contributed by atoms with Crippen molar-refractivity contribution in [2.75, 3.05) is 0 Å². The number of nitrogens with one attached hydrogen (secondary N) is 2. The van der Waals surface area contributed by atoms with Crippen LogP contribution in [0.3, 0.4) is 0 Å². The largest absolute Gasteiger partial charge is 0.426 e. The van der Waals surface area contributed by atoms with Gasteiger partial charge >= 0.3 is 6.01 Å². The number of carbonyl (C=O) groups excluding carboxylic acids is 1. The maximum Gasteiger partial charge on any atom is 0.301 e. The van der Waals surface area contributed by atoms with E-state index in [4.69, 9.17) is 16.3 Å². The quantitative estimate of drug-likeness (QED) is 0.345. The van der Waals surface area contributed by atoms with Gasteiger partial charge in [0.1, 0.15) is 5.75 Å². The summed E-state index contributed by atoms with van der Waals surface area (Å²) in [6.07, 6.45) is 1.59. The Hall–Kier alpha value is -3.42. The second-order valence-electron chi connectivity index (χ2n) is 9.27. The molecule has 1 fully saturated rings. The zero-order valence-electron chi connectivity index (χ0n) is 19.1. The molecule has 2 aromatic carbocycles. The Morgan fingerprint density at radius 2 is 1.79 bits per heavy atom. The van der Waals surface area contributed by atoms with Crippen LogP contribution in [0.25, 0.3) is 22.4 Å². The van der Waals surface area contributed by atoms with Gasteiger partial charge in [-0.2, -0.15) is 4.98 Å². The molecule has 8 heteroatoms. The number of benzene rings is 2. The lowest BCUT2D eigenvalue weighted by molar-refractivity contribution is -0.120. The fourth-order valence-corrected chi connectivity index (χ4v) is 4.32. The van der Waals surface area contributed by atoms with Gasteiger partial charge in [-0.25, -0.2) is 4.98 Å². The molecule has 0 radical (unpaired) electrons. The van der Waals surface area contributed by atoms with Crippen LogP contribution in [0.1, 0.15) is 44.7 Å². The van der Waals surface area contributed by atoms with E-state index in [-0.39, 0.29) is 5.91 Å². The van der Waals surface area contributed by atoms with Crippen LogP contribution in [-0.4, -0.2) is 26.0 Å². The standard InChI is InChI=1S/C26H25ClN4O3/c1-15(32)31-25(2,3)17-8-10-19(11-9-17)34-24-28-21-14-20(27)22(29-23(21)30-24)16-4-6-18(7-5-16)26(33)12-13-26/h4-11,14,33H,12-13H2,1-3H3,(H,31,32)(H,28,29,30). The number of hydrogen-bond donors (Lipinski definition) is 3. The van der Waals surface area contributed by atoms with Gasteiger partial charge in [0.15, 0.2) is 5.65 Å². The van der Waals surface area contributed by atoms with E-state index >= 15 is 0 Å². The molecule has 34 heavy (non-hydrogen) atoms. The lowest BCUT2D eigenvalue weighted by Crippen LogP contribution is -2.39. The minimum absolute atomic E-state index is 0.0886. The third kappa shape index (κ3) is 4.36. The van der Waals surface area contributed by atoms with Gasteiger partial charge in [-0.1, -0.05) is 48.0 Å². The first-order valence-corrected chi connectivity index (χ1v) is 11.5. The van der Waals surface area contributed by atoms with Crippen molar-refractivity contribution < 1.29 is 14.6 Å². The lowest BCUT2D eigenvalue weighted by Gasteiger charge is -2.26. The molecule has 7 nitrogen and oxygen atoms in total. The number of amides is 1. The van der Waals surface area contributed by atoms with Crippen LogP contribution in [0.5, 0.6) is 11.8 Å². The molecule has 1 aliphatic rings. The number of imidazole rings is 1. The Bertz CT molecular complexity index is 1370. The molecule has 1 amide bonds. The van der Waals surface area contributed by atoms with Crippen LogP contribution in [0.4, 0.5) is 0 Å². The second-order valence-corrected chi connectivity index (χ2v) is 9.68. The van der Waals surface area contributed by atoms with Crippen molar-refractivity contribution in [2.24, 2.45) is 0 Å². The molecule has 0 spiro atoms. The molecule has 5 rings (SSSR count). The summed E-state index contributed by atoms with van der Waals surface area (Å²) < 4.78 is 5.89. The van der Waals surface area contributed by atoms with Crippen molar-refractivity contribution in [1.82, 2.24) is 20.3 Å². The molecule has 3 N–H and O–H groups in total. The van der Waals surface area contributed by atoms with Crippen molar-refractivity contribution >= 4 is 28.7 Å². The first kappa shape index (κ1) is 22.4. The zero-order chi connectivity index (χ0) is 24.1. The van der Waals surface area contributed by atoms with E-state index in [0.29, 0.717) is 33.6 Å². The summed E-state index contributed by atoms with van der Waals surface area (Å²) in [6, 6.07) is 17.2. The highest BCUT2D eigenvalue weighted by atomic mass is 35.5. The van der Waals surface area contributed by atoms with Gasteiger partial charge in [-0.05, 0) is 56.0 Å². The molecule has 0 aliphatic heterocycles. The fourth-order valence-electron chi connectivity index (χ4n) is 4.06. The maximum atomic E-state index is 11.4. The summed E-state index contributed by atoms with van der Waals surface area (Å²) in [6.45, 7) is 5.38. The van der Waals surface area contributed by atoms with Crippen LogP contribution >= 0.6 is 11.6 Å². The first-order valence-electron chi connectivity index (χ1n) is 11.1. The second kappa shape index (κ2) is 8.11. The van der Waals surface area contributed by atoms with Gasteiger partial charge in [0.05, 0.1) is 27.4 Å². The molecule has 0 saturated heterocycles. The van der Waals surface area contributed by atoms with Gasteiger partial charge in [0, 0.05) is 12.5 Å². The predicted octanol–water partition coefficient (Wildman–Crippen LogP) is 5.42. The number of H-pyrrole nitrogens is 1. The number of carbonyl (C=O) groups is 1. The van der Waals surface area contributed by atoms with E-state index in [2.05, 4.69) is 20.3 Å². The summed E-state index contributed by atoms with van der Waals surface area (Å²) in [7, 11) is 0. The normalized spacial score (nSPS) is 14.7. The maximum absolute atomic E-state index is 11.4. The summed E-state index contributed by atoms with van der Waals surface area (Å²) in [5.74, 6) is 0.510. The number of rotatable bonds is 6. The van der Waals surface area contributed by atoms with E-state index in [9.17, 15) is 9.90 Å². The van der Waals surface area contributed by atoms with Crippen LogP contribution in [0.2, 0.25) is 5.02 Å². The smallest absolute Gasteiger partial charge is 0.301 e. The fraction of sp³-hybridized carbons (Fsp3) is 0.269. The van der Waals surface area contributed by atoms with E-state index in [1.807, 2.05) is 62.4 Å². The highest BCUT2D eigenvalue weighted by molar-refractivity contribution is 6.33. The third-order valence-corrected chi connectivity index (χ3v) is 6.39. The summed E-state index contributed by atoms with van der Waals surface area (Å²) >= 11 is 6.51. The Labute approximate surface area is 202 Å². The van der Waals surface area contributed by atoms with E-state index in [1.165, 1.54) is 6.92 Å². The number of aliphatic hydroxyl groups is 1. The highest BCUT2D eigenvalue weighted by Gasteiger charge is 2.41. The molecule has 0 atom stereocenters. The molecule has 4 aromatic rings. The van der Waals surface area contributed by atoms with Crippen molar-refractivity contribution in [3.05, 3.63) is 70.7 Å². The molecule has 0 unspecified atom stereocenters. The predicted molar refractivity (Wildman–Crippen MR) is 131 cm³/mol. The van der Waals surface area contributed by atoms with Gasteiger partial charge in [-0.15, -0.1) is 0 Å². The molecule has 2 aromatic heterocycles. The summed E-state index contributed by atoms with van der Waals surface area (Å²) in [5, 5.41) is 13.7. The molecule has 0 bridgehead atoms. The van der Waals surface area contributed by atoms with Gasteiger partial charge < -0.3 is 20.1 Å². The number of aromatic amines is 1. The van der Waals surface area contributed by atoms with Gasteiger partial charge in [-0.3, -0.25) is 4.79 Å². The number of fused-ring (bicyclic) bond motifs is 1. The number of nitrogens with zero attached hydrogens (tertiary/aromatic N) is 2. The van der Waals surface area contributed by atoms with Crippen LogP contribution in [0.15, 0.2) is 54.6 Å². The Morgan fingerprint density at radius 3 is 2.41 bits per heavy atom. The van der Waals surface area contributed by atoms with Crippen LogP contribution in [0, 0.1) is 0 Å². The lowest BCUT2D eigenvalue weighted by atomic mass is 9.94. The topological polar surface area (TPSA) is 100 Å². The number of ether oxygens (including phenoxy) is 1. The average Bonchev–Trinajstić information content (AvgIpc) is 3.42. The molecule has 1 aliphatic carbocycles. The van der Waals surface area contributed by atoms with Crippen molar-refractivity contribution in [3.8, 4) is 23.0 Å². The van der Waals surface area contributed by atoms with E-state index in [1.54, 1.807) is 6.07 Å². The zero-order valence-corrected chi connectivity index (χ0v) is 19.9. The third-order valence-electron chi connectivity index (χ3n) is 6.10. The Balaban J connectivity index is 1.37. The van der Waals surface area contributed by atoms with Gasteiger partial charge in [0.25, 0.3) is 0 Å². The highest BCUT2D eigenvalue weighted by Crippen LogP contribution is 2.45. The van der Waals surface area contributed by atoms with Crippen molar-refractivity contribution in [2.45, 2.75) is 44.8 Å². The monoisotopic (exact) mass is 476 g/mol. The molecular weight excluding hydrogens is 452 g/mol.